The van der Waals surface area contributed by atoms with Gasteiger partial charge in [0, 0.05) is 10.9 Å². The lowest BCUT2D eigenvalue weighted by molar-refractivity contribution is 0.252. The Labute approximate surface area is 173 Å². The van der Waals surface area contributed by atoms with Crippen LogP contribution in [0, 0.1) is 23.5 Å². The first-order valence-corrected chi connectivity index (χ1v) is 11.1. The van der Waals surface area contributed by atoms with Gasteiger partial charge >= 0.3 is 0 Å². The van der Waals surface area contributed by atoms with E-state index in [1.807, 2.05) is 18.2 Å². The predicted molar refractivity (Wildman–Crippen MR) is 118 cm³/mol. The summed E-state index contributed by atoms with van der Waals surface area (Å²) in [5.74, 6) is 1.26. The molecule has 1 aliphatic carbocycles. The Hall–Kier alpha value is -2.22. The van der Waals surface area contributed by atoms with Crippen molar-refractivity contribution in [2.24, 2.45) is 11.8 Å². The highest BCUT2D eigenvalue weighted by Gasteiger charge is 2.20. The quantitative estimate of drug-likeness (QED) is 0.395. The molecule has 1 fully saturated rings. The van der Waals surface area contributed by atoms with E-state index in [1.54, 1.807) is 12.1 Å². The molecule has 1 aliphatic rings. The summed E-state index contributed by atoms with van der Waals surface area (Å²) in [4.78, 5) is 0. The third-order valence-corrected chi connectivity index (χ3v) is 6.68. The summed E-state index contributed by atoms with van der Waals surface area (Å²) in [5, 5.41) is 1.58. The van der Waals surface area contributed by atoms with Crippen molar-refractivity contribution in [1.29, 1.82) is 0 Å². The zero-order chi connectivity index (χ0) is 20.2. The summed E-state index contributed by atoms with van der Waals surface area (Å²) in [6, 6.07) is 15.9. The van der Waals surface area contributed by atoms with Crippen molar-refractivity contribution >= 4 is 10.8 Å². The molecule has 0 radical (unpaired) electrons. The van der Waals surface area contributed by atoms with Crippen LogP contribution < -0.4 is 0 Å². The Bertz CT molecular complexity index is 950. The summed E-state index contributed by atoms with van der Waals surface area (Å²) < 4.78 is 28.2. The second-order valence-electron chi connectivity index (χ2n) is 8.70. The van der Waals surface area contributed by atoms with Crippen LogP contribution in [0.4, 0.5) is 8.78 Å². The van der Waals surface area contributed by atoms with Crippen LogP contribution in [0.25, 0.3) is 21.9 Å². The fourth-order valence-corrected chi connectivity index (χ4v) is 4.94. The third-order valence-electron chi connectivity index (χ3n) is 6.68. The predicted octanol–water partition coefficient (Wildman–Crippen LogP) is 8.32. The monoisotopic (exact) mass is 392 g/mol. The minimum Gasteiger partial charge on any atom is -0.207 e. The van der Waals surface area contributed by atoms with E-state index in [-0.39, 0.29) is 11.6 Å². The molecule has 0 aromatic heterocycles. The van der Waals surface area contributed by atoms with Gasteiger partial charge in [-0.05, 0) is 53.3 Å². The number of hydrogen-bond donors (Lipinski definition) is 0. The second kappa shape index (κ2) is 9.07. The standard InChI is InChI=1S/C27H30F2/c1-2-3-19-4-6-20(7-5-19)8-9-21-10-16-26-23(18-21)13-17-25(27(26)29)22-11-14-24(28)15-12-22/h10-20H,2-9H2,1H3. The third kappa shape index (κ3) is 4.69. The summed E-state index contributed by atoms with van der Waals surface area (Å²) in [7, 11) is 0. The Kier molecular flexibility index (Phi) is 6.28. The van der Waals surface area contributed by atoms with Gasteiger partial charge in [-0.2, -0.15) is 0 Å². The van der Waals surface area contributed by atoms with Crippen molar-refractivity contribution in [2.75, 3.05) is 0 Å². The molecular formula is C27H30F2. The molecule has 0 amide bonds. The maximum Gasteiger partial charge on any atom is 0.138 e. The maximum absolute atomic E-state index is 15.1. The normalized spacial score (nSPS) is 19.6. The average molecular weight is 393 g/mol. The first-order chi connectivity index (χ1) is 14.1. The summed E-state index contributed by atoms with van der Waals surface area (Å²) in [6.07, 6.45) is 10.5. The zero-order valence-electron chi connectivity index (χ0n) is 17.3. The molecule has 152 valence electrons. The van der Waals surface area contributed by atoms with Gasteiger partial charge in [-0.1, -0.05) is 87.9 Å². The molecule has 0 spiro atoms. The lowest BCUT2D eigenvalue weighted by Gasteiger charge is -2.28. The van der Waals surface area contributed by atoms with Crippen LogP contribution in [-0.4, -0.2) is 0 Å². The van der Waals surface area contributed by atoms with E-state index < -0.39 is 0 Å². The van der Waals surface area contributed by atoms with E-state index in [2.05, 4.69) is 19.1 Å². The molecule has 1 saturated carbocycles. The van der Waals surface area contributed by atoms with Gasteiger partial charge in [-0.3, -0.25) is 0 Å². The Morgan fingerprint density at radius 1 is 0.793 bits per heavy atom. The topological polar surface area (TPSA) is 0 Å². The zero-order valence-corrected chi connectivity index (χ0v) is 17.3. The van der Waals surface area contributed by atoms with Crippen LogP contribution in [0.3, 0.4) is 0 Å². The molecular weight excluding hydrogens is 362 g/mol. The van der Waals surface area contributed by atoms with Gasteiger partial charge in [0.25, 0.3) is 0 Å². The van der Waals surface area contributed by atoms with Gasteiger partial charge < -0.3 is 0 Å². The van der Waals surface area contributed by atoms with Crippen LogP contribution in [0.15, 0.2) is 54.6 Å². The van der Waals surface area contributed by atoms with E-state index in [1.165, 1.54) is 62.6 Å². The van der Waals surface area contributed by atoms with Crippen LogP contribution in [0.2, 0.25) is 0 Å². The summed E-state index contributed by atoms with van der Waals surface area (Å²) in [5.41, 5.74) is 2.52. The molecule has 4 rings (SSSR count). The fraction of sp³-hybridized carbons (Fsp3) is 0.407. The average Bonchev–Trinajstić information content (AvgIpc) is 2.74. The molecule has 0 atom stereocenters. The van der Waals surface area contributed by atoms with Gasteiger partial charge in [-0.25, -0.2) is 8.78 Å². The SMILES string of the molecule is CCCC1CCC(CCc2ccc3c(F)c(-c4ccc(F)cc4)ccc3c2)CC1. The number of rotatable bonds is 6. The van der Waals surface area contributed by atoms with E-state index in [0.717, 1.165) is 23.6 Å². The van der Waals surface area contributed by atoms with Crippen molar-refractivity contribution in [3.8, 4) is 11.1 Å². The van der Waals surface area contributed by atoms with Gasteiger partial charge in [0.05, 0.1) is 0 Å². The first-order valence-electron chi connectivity index (χ1n) is 11.1. The second-order valence-corrected chi connectivity index (χ2v) is 8.70. The number of fused-ring (bicyclic) bond motifs is 1. The molecule has 0 heterocycles. The first kappa shape index (κ1) is 20.1. The summed E-state index contributed by atoms with van der Waals surface area (Å²) >= 11 is 0. The highest BCUT2D eigenvalue weighted by atomic mass is 19.1. The molecule has 0 N–H and O–H groups in total. The van der Waals surface area contributed by atoms with E-state index >= 15 is 4.39 Å². The molecule has 3 aromatic carbocycles. The van der Waals surface area contributed by atoms with Gasteiger partial charge in [0.2, 0.25) is 0 Å². The van der Waals surface area contributed by atoms with Crippen LogP contribution in [-0.2, 0) is 6.42 Å². The molecule has 29 heavy (non-hydrogen) atoms. The Morgan fingerprint density at radius 3 is 2.17 bits per heavy atom. The largest absolute Gasteiger partial charge is 0.207 e. The highest BCUT2D eigenvalue weighted by Crippen LogP contribution is 2.34. The number of aryl methyl sites for hydroxylation is 1. The molecule has 0 unspecified atom stereocenters. The molecule has 0 nitrogen and oxygen atoms in total. The number of halogens is 2. The minimum atomic E-state index is -0.307. The van der Waals surface area contributed by atoms with Gasteiger partial charge in [0.1, 0.15) is 11.6 Å². The molecule has 3 aromatic rings. The lowest BCUT2D eigenvalue weighted by Crippen LogP contribution is -2.15. The minimum absolute atomic E-state index is 0.227. The van der Waals surface area contributed by atoms with Crippen molar-refractivity contribution in [2.45, 2.75) is 58.3 Å². The van der Waals surface area contributed by atoms with Crippen molar-refractivity contribution < 1.29 is 8.78 Å². The smallest absolute Gasteiger partial charge is 0.138 e. The van der Waals surface area contributed by atoms with Crippen LogP contribution in [0.5, 0.6) is 0 Å². The van der Waals surface area contributed by atoms with Crippen LogP contribution in [0.1, 0.15) is 57.4 Å². The van der Waals surface area contributed by atoms with Crippen LogP contribution >= 0.6 is 0 Å². The fourth-order valence-electron chi connectivity index (χ4n) is 4.94. The van der Waals surface area contributed by atoms with E-state index in [9.17, 15) is 4.39 Å². The Morgan fingerprint density at radius 2 is 1.48 bits per heavy atom. The highest BCUT2D eigenvalue weighted by molar-refractivity contribution is 5.88. The van der Waals surface area contributed by atoms with Gasteiger partial charge in [0.15, 0.2) is 0 Å². The molecule has 0 saturated heterocycles. The van der Waals surface area contributed by atoms with Gasteiger partial charge in [-0.15, -0.1) is 0 Å². The molecule has 0 aliphatic heterocycles. The van der Waals surface area contributed by atoms with Crippen molar-refractivity contribution in [1.82, 2.24) is 0 Å². The number of benzene rings is 3. The summed E-state index contributed by atoms with van der Waals surface area (Å²) in [6.45, 7) is 2.29. The maximum atomic E-state index is 15.1. The van der Waals surface area contributed by atoms with E-state index in [4.69, 9.17) is 0 Å². The van der Waals surface area contributed by atoms with E-state index in [0.29, 0.717) is 16.5 Å². The van der Waals surface area contributed by atoms with Crippen molar-refractivity contribution in [3.05, 3.63) is 71.8 Å². The number of hydrogen-bond acceptors (Lipinski definition) is 0. The van der Waals surface area contributed by atoms with Crippen molar-refractivity contribution in [3.63, 3.8) is 0 Å². The Balaban J connectivity index is 1.45. The lowest BCUT2D eigenvalue weighted by atomic mass is 9.78. The molecule has 0 bridgehead atoms. The molecule has 2 heteroatoms.